The van der Waals surface area contributed by atoms with Gasteiger partial charge in [-0.15, -0.1) is 0 Å². The van der Waals surface area contributed by atoms with Crippen LogP contribution in [0.25, 0.3) is 0 Å². The van der Waals surface area contributed by atoms with E-state index in [1.165, 1.54) is 6.92 Å². The Morgan fingerprint density at radius 2 is 2.00 bits per heavy atom. The fraction of sp³-hybridized carbons (Fsp3) is 0.429. The lowest BCUT2D eigenvalue weighted by atomic mass is 10.2. The van der Waals surface area contributed by atoms with Gasteiger partial charge in [-0.25, -0.2) is 0 Å². The minimum absolute atomic E-state index is 0.384. The summed E-state index contributed by atoms with van der Waals surface area (Å²) >= 11 is 0. The lowest BCUT2D eigenvalue weighted by Crippen LogP contribution is -2.38. The zero-order valence-electron chi connectivity index (χ0n) is 11.3. The highest BCUT2D eigenvalue weighted by Gasteiger charge is 2.15. The molecule has 0 unspecified atom stereocenters. The number of carboxylic acid groups (broad SMARTS) is 1. The SMILES string of the molecule is CC(C)COc1cccc(C(=O)N[C@@H](C)C(=O)O)c1. The highest BCUT2D eigenvalue weighted by atomic mass is 16.5. The molecule has 5 heteroatoms. The second kappa shape index (κ2) is 6.78. The van der Waals surface area contributed by atoms with Gasteiger partial charge in [-0.3, -0.25) is 9.59 Å². The second-order valence-corrected chi connectivity index (χ2v) is 4.77. The van der Waals surface area contributed by atoms with Crippen molar-refractivity contribution in [1.82, 2.24) is 5.32 Å². The van der Waals surface area contributed by atoms with Crippen LogP contribution in [0.3, 0.4) is 0 Å². The number of carbonyl (C=O) groups excluding carboxylic acids is 1. The van der Waals surface area contributed by atoms with Crippen molar-refractivity contribution in [3.8, 4) is 5.75 Å². The summed E-state index contributed by atoms with van der Waals surface area (Å²) in [7, 11) is 0. The van der Waals surface area contributed by atoms with Crippen LogP contribution in [0.2, 0.25) is 0 Å². The minimum atomic E-state index is -1.07. The van der Waals surface area contributed by atoms with Crippen molar-refractivity contribution in [2.75, 3.05) is 6.61 Å². The van der Waals surface area contributed by atoms with Crippen LogP contribution in [0.15, 0.2) is 24.3 Å². The number of nitrogens with one attached hydrogen (secondary N) is 1. The molecule has 0 spiro atoms. The molecule has 0 saturated heterocycles. The summed E-state index contributed by atoms with van der Waals surface area (Å²) in [6.45, 7) is 6.05. The van der Waals surface area contributed by atoms with Crippen molar-refractivity contribution in [2.45, 2.75) is 26.8 Å². The van der Waals surface area contributed by atoms with Gasteiger partial charge in [0.1, 0.15) is 11.8 Å². The second-order valence-electron chi connectivity index (χ2n) is 4.77. The van der Waals surface area contributed by atoms with E-state index in [2.05, 4.69) is 5.32 Å². The number of rotatable bonds is 6. The van der Waals surface area contributed by atoms with Crippen LogP contribution in [0.5, 0.6) is 5.75 Å². The summed E-state index contributed by atoms with van der Waals surface area (Å²) in [6, 6.07) is 5.77. The van der Waals surface area contributed by atoms with Gasteiger partial charge in [0.05, 0.1) is 6.61 Å². The van der Waals surface area contributed by atoms with Gasteiger partial charge in [-0.1, -0.05) is 19.9 Å². The first-order chi connectivity index (χ1) is 8.90. The van der Waals surface area contributed by atoms with Crippen molar-refractivity contribution in [2.24, 2.45) is 5.92 Å². The number of carboxylic acids is 1. The molecule has 2 N–H and O–H groups in total. The van der Waals surface area contributed by atoms with Crippen LogP contribution in [-0.4, -0.2) is 29.6 Å². The van der Waals surface area contributed by atoms with Crippen LogP contribution in [0, 0.1) is 5.92 Å². The van der Waals surface area contributed by atoms with Crippen molar-refractivity contribution in [3.05, 3.63) is 29.8 Å². The van der Waals surface area contributed by atoms with Crippen molar-refractivity contribution in [3.63, 3.8) is 0 Å². The lowest BCUT2D eigenvalue weighted by molar-refractivity contribution is -0.138. The fourth-order valence-electron chi connectivity index (χ4n) is 1.33. The Bertz CT molecular complexity index is 457. The standard InChI is InChI=1S/C14H19NO4/c1-9(2)8-19-12-6-4-5-11(7-12)13(16)15-10(3)14(17)18/h4-7,9-10H,8H2,1-3H3,(H,15,16)(H,17,18)/t10-/m0/s1. The largest absolute Gasteiger partial charge is 0.493 e. The number of benzene rings is 1. The Morgan fingerprint density at radius 3 is 2.58 bits per heavy atom. The molecule has 0 radical (unpaired) electrons. The molecule has 5 nitrogen and oxygen atoms in total. The minimum Gasteiger partial charge on any atom is -0.493 e. The van der Waals surface area contributed by atoms with Gasteiger partial charge in [0.2, 0.25) is 0 Å². The van der Waals surface area contributed by atoms with Gasteiger partial charge in [-0.2, -0.15) is 0 Å². The van der Waals surface area contributed by atoms with E-state index in [1.54, 1.807) is 24.3 Å². The third kappa shape index (κ3) is 4.99. The maximum Gasteiger partial charge on any atom is 0.325 e. The van der Waals surface area contributed by atoms with E-state index in [4.69, 9.17) is 9.84 Å². The molecule has 0 aliphatic heterocycles. The number of carbonyl (C=O) groups is 2. The molecule has 1 atom stereocenters. The van der Waals surface area contributed by atoms with Crippen LogP contribution in [0.4, 0.5) is 0 Å². The van der Waals surface area contributed by atoms with Crippen LogP contribution >= 0.6 is 0 Å². The predicted molar refractivity (Wildman–Crippen MR) is 71.3 cm³/mol. The van der Waals surface area contributed by atoms with E-state index in [0.29, 0.717) is 23.8 Å². The first-order valence-corrected chi connectivity index (χ1v) is 6.16. The normalized spacial score (nSPS) is 12.0. The summed E-state index contributed by atoms with van der Waals surface area (Å²) in [6.07, 6.45) is 0. The molecule has 1 rings (SSSR count). The first kappa shape index (κ1) is 15.0. The van der Waals surface area contributed by atoms with E-state index in [-0.39, 0.29) is 0 Å². The Labute approximate surface area is 112 Å². The fourth-order valence-corrected chi connectivity index (χ4v) is 1.33. The summed E-state index contributed by atoms with van der Waals surface area (Å²) in [5, 5.41) is 11.1. The van der Waals surface area contributed by atoms with Gasteiger partial charge in [-0.05, 0) is 31.0 Å². The average Bonchev–Trinajstić information content (AvgIpc) is 2.36. The molecular weight excluding hydrogens is 246 g/mol. The highest BCUT2D eigenvalue weighted by molar-refractivity contribution is 5.96. The topological polar surface area (TPSA) is 75.6 Å². The molecule has 19 heavy (non-hydrogen) atoms. The number of amides is 1. The van der Waals surface area contributed by atoms with Crippen LogP contribution in [-0.2, 0) is 4.79 Å². The molecule has 0 fully saturated rings. The third-order valence-corrected chi connectivity index (χ3v) is 2.40. The molecule has 1 aromatic carbocycles. The van der Waals surface area contributed by atoms with Gasteiger partial charge in [0, 0.05) is 5.56 Å². The summed E-state index contributed by atoms with van der Waals surface area (Å²) in [5.74, 6) is -0.501. The summed E-state index contributed by atoms with van der Waals surface area (Å²) in [5.41, 5.74) is 0.384. The molecule has 104 valence electrons. The smallest absolute Gasteiger partial charge is 0.325 e. The van der Waals surface area contributed by atoms with Crippen molar-refractivity contribution >= 4 is 11.9 Å². The highest BCUT2D eigenvalue weighted by Crippen LogP contribution is 2.14. The van der Waals surface area contributed by atoms with Crippen molar-refractivity contribution in [1.29, 1.82) is 0 Å². The van der Waals surface area contributed by atoms with Crippen LogP contribution in [0.1, 0.15) is 31.1 Å². The van der Waals surface area contributed by atoms with E-state index in [1.807, 2.05) is 13.8 Å². The Morgan fingerprint density at radius 1 is 1.32 bits per heavy atom. The van der Waals surface area contributed by atoms with E-state index >= 15 is 0 Å². The average molecular weight is 265 g/mol. The maximum absolute atomic E-state index is 11.8. The Hall–Kier alpha value is -2.04. The molecule has 1 aromatic rings. The van der Waals surface area contributed by atoms with E-state index in [0.717, 1.165) is 0 Å². The summed E-state index contributed by atoms with van der Waals surface area (Å²) < 4.78 is 5.51. The van der Waals surface area contributed by atoms with Gasteiger partial charge < -0.3 is 15.2 Å². The number of hydrogen-bond donors (Lipinski definition) is 2. The van der Waals surface area contributed by atoms with Gasteiger partial charge in [0.25, 0.3) is 5.91 Å². The Balaban J connectivity index is 2.70. The van der Waals surface area contributed by atoms with Gasteiger partial charge in [0.15, 0.2) is 0 Å². The molecule has 0 aliphatic carbocycles. The zero-order chi connectivity index (χ0) is 14.4. The Kier molecular flexibility index (Phi) is 5.36. The first-order valence-electron chi connectivity index (χ1n) is 6.16. The number of hydrogen-bond acceptors (Lipinski definition) is 3. The van der Waals surface area contributed by atoms with E-state index in [9.17, 15) is 9.59 Å². The molecule has 0 heterocycles. The van der Waals surface area contributed by atoms with Crippen molar-refractivity contribution < 1.29 is 19.4 Å². The molecule has 0 aliphatic rings. The van der Waals surface area contributed by atoms with E-state index < -0.39 is 17.9 Å². The quantitative estimate of drug-likeness (QED) is 0.824. The zero-order valence-corrected chi connectivity index (χ0v) is 11.3. The molecule has 1 amide bonds. The van der Waals surface area contributed by atoms with Crippen LogP contribution < -0.4 is 10.1 Å². The summed E-state index contributed by atoms with van der Waals surface area (Å²) in [4.78, 5) is 22.5. The lowest BCUT2D eigenvalue weighted by Gasteiger charge is -2.11. The third-order valence-electron chi connectivity index (χ3n) is 2.40. The number of ether oxygens (including phenoxy) is 1. The predicted octanol–water partition coefficient (Wildman–Crippen LogP) is 1.92. The number of aliphatic carboxylic acids is 1. The molecule has 0 aromatic heterocycles. The molecule has 0 bridgehead atoms. The maximum atomic E-state index is 11.8. The molecular formula is C14H19NO4. The van der Waals surface area contributed by atoms with Gasteiger partial charge >= 0.3 is 5.97 Å². The monoisotopic (exact) mass is 265 g/mol. The molecule has 0 saturated carbocycles.